The molecule has 0 bridgehead atoms. The first-order valence-corrected chi connectivity index (χ1v) is 9.35. The molecule has 1 amide bonds. The summed E-state index contributed by atoms with van der Waals surface area (Å²) < 4.78 is 4.98. The third-order valence-electron chi connectivity index (χ3n) is 5.95. The Balaban J connectivity index is 1.49. The van der Waals surface area contributed by atoms with Crippen molar-refractivity contribution < 1.29 is 9.53 Å². The molecule has 3 rings (SSSR count). The van der Waals surface area contributed by atoms with Crippen LogP contribution in [0, 0.1) is 5.41 Å². The molecule has 136 valence electrons. The van der Waals surface area contributed by atoms with Crippen LogP contribution in [-0.4, -0.2) is 55.6 Å². The number of amides is 1. The summed E-state index contributed by atoms with van der Waals surface area (Å²) in [6, 6.07) is 8.65. The van der Waals surface area contributed by atoms with Crippen molar-refractivity contribution in [2.24, 2.45) is 5.41 Å². The Bertz CT molecular complexity index is 596. The van der Waals surface area contributed by atoms with Crippen LogP contribution in [0.3, 0.4) is 0 Å². The summed E-state index contributed by atoms with van der Waals surface area (Å²) in [7, 11) is 1.59. The summed E-state index contributed by atoms with van der Waals surface area (Å²) in [5.74, 6) is 0.136. The highest BCUT2D eigenvalue weighted by Gasteiger charge is 2.38. The Labute approximate surface area is 151 Å². The van der Waals surface area contributed by atoms with Gasteiger partial charge in [0.05, 0.1) is 0 Å². The van der Waals surface area contributed by atoms with E-state index >= 15 is 0 Å². The molecule has 2 saturated heterocycles. The Morgan fingerprint density at radius 1 is 1.20 bits per heavy atom. The predicted octanol–water partition coefficient (Wildman–Crippen LogP) is 3.18. The average Bonchev–Trinajstić information content (AvgIpc) is 2.65. The van der Waals surface area contributed by atoms with Gasteiger partial charge in [-0.25, -0.2) is 0 Å². The Hall–Kier alpha value is -1.65. The van der Waals surface area contributed by atoms with Crippen molar-refractivity contribution in [3.63, 3.8) is 0 Å². The number of piperidine rings is 2. The highest BCUT2D eigenvalue weighted by molar-refractivity contribution is 5.77. The van der Waals surface area contributed by atoms with Gasteiger partial charge in [-0.05, 0) is 55.3 Å². The number of hydrogen-bond donors (Lipinski definition) is 0. The first-order chi connectivity index (χ1) is 12.1. The van der Waals surface area contributed by atoms with E-state index in [0.717, 1.165) is 45.6 Å². The number of ether oxygens (including phenoxy) is 1. The third kappa shape index (κ3) is 4.50. The fourth-order valence-electron chi connectivity index (χ4n) is 4.21. The minimum absolute atomic E-state index is 0.136. The minimum atomic E-state index is 0.136. The Morgan fingerprint density at radius 2 is 1.88 bits per heavy atom. The number of likely N-dealkylation sites (tertiary alicyclic amines) is 2. The van der Waals surface area contributed by atoms with Crippen LogP contribution >= 0.6 is 0 Å². The van der Waals surface area contributed by atoms with Gasteiger partial charge in [0, 0.05) is 26.7 Å². The highest BCUT2D eigenvalue weighted by atomic mass is 16.5. The molecule has 0 atom stereocenters. The molecule has 1 aromatic rings. The summed E-state index contributed by atoms with van der Waals surface area (Å²) in [4.78, 5) is 16.5. The lowest BCUT2D eigenvalue weighted by atomic mass is 9.71. The second-order valence-electron chi connectivity index (χ2n) is 7.54. The van der Waals surface area contributed by atoms with Crippen LogP contribution in [0.1, 0.15) is 36.8 Å². The Kier molecular flexibility index (Phi) is 5.92. The molecule has 25 heavy (non-hydrogen) atoms. The molecule has 2 heterocycles. The summed E-state index contributed by atoms with van der Waals surface area (Å²) >= 11 is 0. The van der Waals surface area contributed by atoms with Crippen LogP contribution in [0.25, 0.3) is 6.08 Å². The number of hydrogen-bond acceptors (Lipinski definition) is 3. The van der Waals surface area contributed by atoms with Gasteiger partial charge in [-0.1, -0.05) is 36.9 Å². The zero-order valence-corrected chi connectivity index (χ0v) is 15.4. The number of methoxy groups -OCH3 is 1. The van der Waals surface area contributed by atoms with Gasteiger partial charge in [0.15, 0.2) is 0 Å². The van der Waals surface area contributed by atoms with E-state index in [0.29, 0.717) is 5.41 Å². The van der Waals surface area contributed by atoms with Crippen LogP contribution < -0.4 is 0 Å². The maximum Gasteiger partial charge on any atom is 0.248 e. The molecule has 0 N–H and O–H groups in total. The van der Waals surface area contributed by atoms with E-state index in [-0.39, 0.29) is 12.5 Å². The van der Waals surface area contributed by atoms with Crippen molar-refractivity contribution in [3.05, 3.63) is 42.0 Å². The van der Waals surface area contributed by atoms with Gasteiger partial charge >= 0.3 is 0 Å². The van der Waals surface area contributed by atoms with Crippen molar-refractivity contribution in [1.82, 2.24) is 9.80 Å². The molecule has 4 heteroatoms. The Morgan fingerprint density at radius 3 is 2.52 bits per heavy atom. The van der Waals surface area contributed by atoms with Crippen LogP contribution in [0.15, 0.2) is 30.8 Å². The number of nitrogens with zero attached hydrogens (tertiary/aromatic N) is 2. The van der Waals surface area contributed by atoms with E-state index < -0.39 is 0 Å². The zero-order valence-electron chi connectivity index (χ0n) is 15.4. The molecule has 0 unspecified atom stereocenters. The van der Waals surface area contributed by atoms with E-state index in [1.54, 1.807) is 7.11 Å². The summed E-state index contributed by atoms with van der Waals surface area (Å²) in [6.45, 7) is 9.19. The van der Waals surface area contributed by atoms with Crippen molar-refractivity contribution >= 4 is 12.0 Å². The monoisotopic (exact) mass is 342 g/mol. The van der Waals surface area contributed by atoms with Crippen LogP contribution in [0.2, 0.25) is 0 Å². The molecule has 1 aromatic carbocycles. The fraction of sp³-hybridized carbons (Fsp3) is 0.571. The van der Waals surface area contributed by atoms with Crippen LogP contribution in [0.4, 0.5) is 0 Å². The van der Waals surface area contributed by atoms with Gasteiger partial charge in [0.1, 0.15) is 6.61 Å². The number of rotatable bonds is 5. The molecule has 0 aliphatic carbocycles. The lowest BCUT2D eigenvalue weighted by Crippen LogP contribution is -2.48. The second kappa shape index (κ2) is 8.15. The largest absolute Gasteiger partial charge is 0.375 e. The molecule has 1 spiro atoms. The van der Waals surface area contributed by atoms with E-state index in [4.69, 9.17) is 4.74 Å². The van der Waals surface area contributed by atoms with Crippen molar-refractivity contribution in [1.29, 1.82) is 0 Å². The number of benzene rings is 1. The van der Waals surface area contributed by atoms with Crippen LogP contribution in [-0.2, 0) is 16.1 Å². The van der Waals surface area contributed by atoms with Crippen molar-refractivity contribution in [3.8, 4) is 0 Å². The van der Waals surface area contributed by atoms with E-state index in [9.17, 15) is 4.79 Å². The van der Waals surface area contributed by atoms with E-state index in [2.05, 4.69) is 35.7 Å². The lowest BCUT2D eigenvalue weighted by molar-refractivity contribution is -0.138. The number of carbonyl (C=O) groups is 1. The smallest absolute Gasteiger partial charge is 0.248 e. The fourth-order valence-corrected chi connectivity index (χ4v) is 4.21. The van der Waals surface area contributed by atoms with E-state index in [1.165, 1.54) is 24.0 Å². The summed E-state index contributed by atoms with van der Waals surface area (Å²) in [6.07, 6.45) is 6.69. The van der Waals surface area contributed by atoms with Gasteiger partial charge in [-0.15, -0.1) is 0 Å². The predicted molar refractivity (Wildman–Crippen MR) is 101 cm³/mol. The quantitative estimate of drug-likeness (QED) is 0.824. The van der Waals surface area contributed by atoms with Gasteiger partial charge in [0.25, 0.3) is 0 Å². The summed E-state index contributed by atoms with van der Waals surface area (Å²) in [5.41, 5.74) is 3.01. The highest BCUT2D eigenvalue weighted by Crippen LogP contribution is 2.41. The molecular formula is C21H30N2O2. The van der Waals surface area contributed by atoms with Gasteiger partial charge < -0.3 is 9.64 Å². The second-order valence-corrected chi connectivity index (χ2v) is 7.54. The van der Waals surface area contributed by atoms with Crippen molar-refractivity contribution in [2.45, 2.75) is 32.2 Å². The normalized spacial score (nSPS) is 20.6. The molecule has 0 radical (unpaired) electrons. The molecule has 4 nitrogen and oxygen atoms in total. The van der Waals surface area contributed by atoms with Gasteiger partial charge in [-0.2, -0.15) is 0 Å². The molecule has 2 fully saturated rings. The molecule has 2 aliphatic heterocycles. The number of carbonyl (C=O) groups excluding carboxylic acids is 1. The van der Waals surface area contributed by atoms with Crippen LogP contribution in [0.5, 0.6) is 0 Å². The topological polar surface area (TPSA) is 32.8 Å². The molecule has 0 saturated carbocycles. The zero-order chi connectivity index (χ0) is 17.7. The van der Waals surface area contributed by atoms with Crippen molar-refractivity contribution in [2.75, 3.05) is 39.9 Å². The van der Waals surface area contributed by atoms with Gasteiger partial charge in [0.2, 0.25) is 5.91 Å². The SMILES string of the molecule is C=Cc1cccc(CN2CCC3(CC2)CCN(C(=O)COC)CC3)c1. The van der Waals surface area contributed by atoms with Gasteiger partial charge in [-0.3, -0.25) is 9.69 Å². The standard InChI is InChI=1S/C21H30N2O2/c1-3-18-5-4-6-19(15-18)16-22-11-7-21(8-12-22)9-13-23(14-10-21)20(24)17-25-2/h3-6,15H,1,7-14,16-17H2,2H3. The first-order valence-electron chi connectivity index (χ1n) is 9.35. The molecular weight excluding hydrogens is 312 g/mol. The van der Waals surface area contributed by atoms with E-state index in [1.807, 2.05) is 11.0 Å². The maximum absolute atomic E-state index is 12.0. The summed E-state index contributed by atoms with van der Waals surface area (Å²) in [5, 5.41) is 0. The third-order valence-corrected chi connectivity index (χ3v) is 5.95. The first kappa shape index (κ1) is 18.2. The minimum Gasteiger partial charge on any atom is -0.375 e. The molecule has 2 aliphatic rings. The maximum atomic E-state index is 12.0. The average molecular weight is 342 g/mol. The lowest BCUT2D eigenvalue weighted by Gasteiger charge is -2.47. The molecule has 0 aromatic heterocycles.